The fourth-order valence-corrected chi connectivity index (χ4v) is 2.60. The fraction of sp³-hybridized carbons (Fsp3) is 0.467. The number of hydrogen-bond acceptors (Lipinski definition) is 2. The average molecular weight is 229 g/mol. The lowest BCUT2D eigenvalue weighted by Crippen LogP contribution is -2.17. The molecule has 2 aromatic rings. The third kappa shape index (κ3) is 1.77. The van der Waals surface area contributed by atoms with Crippen LogP contribution in [0.4, 0.5) is 0 Å². The Morgan fingerprint density at radius 1 is 1.24 bits per heavy atom. The maximum atomic E-state index is 6.07. The number of nitrogens with one attached hydrogen (secondary N) is 1. The lowest BCUT2D eigenvalue weighted by molar-refractivity contribution is 0.419. The van der Waals surface area contributed by atoms with E-state index in [1.165, 1.54) is 29.4 Å². The minimum absolute atomic E-state index is 0.390. The second-order valence-electron chi connectivity index (χ2n) is 5.19. The topological polar surface area (TPSA) is 25.2 Å². The van der Waals surface area contributed by atoms with Gasteiger partial charge in [0.1, 0.15) is 11.3 Å². The van der Waals surface area contributed by atoms with Crippen molar-refractivity contribution < 1.29 is 4.42 Å². The lowest BCUT2D eigenvalue weighted by Gasteiger charge is -2.11. The Bertz CT molecular complexity index is 512. The summed E-state index contributed by atoms with van der Waals surface area (Å²) in [6.45, 7) is 4.26. The van der Waals surface area contributed by atoms with Gasteiger partial charge < -0.3 is 9.73 Å². The highest BCUT2D eigenvalue weighted by atomic mass is 16.3. The highest BCUT2D eigenvalue weighted by molar-refractivity contribution is 5.84. The first kappa shape index (κ1) is 10.8. The van der Waals surface area contributed by atoms with Gasteiger partial charge in [-0.25, -0.2) is 0 Å². The van der Waals surface area contributed by atoms with Crippen LogP contribution in [0.25, 0.3) is 11.0 Å². The first-order valence-corrected chi connectivity index (χ1v) is 6.37. The van der Waals surface area contributed by atoms with Crippen LogP contribution >= 0.6 is 0 Å². The fourth-order valence-electron chi connectivity index (χ4n) is 2.60. The molecule has 0 spiro atoms. The third-order valence-corrected chi connectivity index (χ3v) is 3.83. The predicted molar refractivity (Wildman–Crippen MR) is 70.2 cm³/mol. The SMILES string of the molecule is CNC(c1cc2c(C)ccc(C)c2o1)C1CC1. The Morgan fingerprint density at radius 2 is 1.94 bits per heavy atom. The van der Waals surface area contributed by atoms with E-state index in [1.54, 1.807) is 0 Å². The maximum absolute atomic E-state index is 6.07. The Kier molecular flexibility index (Phi) is 2.48. The molecule has 1 unspecified atom stereocenters. The first-order valence-electron chi connectivity index (χ1n) is 6.37. The third-order valence-electron chi connectivity index (χ3n) is 3.83. The Labute approximate surface area is 102 Å². The second kappa shape index (κ2) is 3.88. The van der Waals surface area contributed by atoms with Gasteiger partial charge in [-0.3, -0.25) is 0 Å². The van der Waals surface area contributed by atoms with E-state index in [0.29, 0.717) is 6.04 Å². The number of benzene rings is 1. The molecule has 17 heavy (non-hydrogen) atoms. The molecule has 0 radical (unpaired) electrons. The summed E-state index contributed by atoms with van der Waals surface area (Å²) in [5.74, 6) is 1.86. The van der Waals surface area contributed by atoms with E-state index in [9.17, 15) is 0 Å². The van der Waals surface area contributed by atoms with Gasteiger partial charge in [0.15, 0.2) is 0 Å². The molecule has 0 aliphatic heterocycles. The number of furan rings is 1. The summed E-state index contributed by atoms with van der Waals surface area (Å²) in [5, 5.41) is 4.65. The number of aryl methyl sites for hydroxylation is 2. The smallest absolute Gasteiger partial charge is 0.137 e. The Morgan fingerprint density at radius 3 is 2.53 bits per heavy atom. The zero-order valence-corrected chi connectivity index (χ0v) is 10.7. The van der Waals surface area contributed by atoms with Gasteiger partial charge in [0.25, 0.3) is 0 Å². The monoisotopic (exact) mass is 229 g/mol. The molecule has 2 heteroatoms. The number of rotatable bonds is 3. The summed E-state index contributed by atoms with van der Waals surface area (Å²) in [6, 6.07) is 6.91. The first-order chi connectivity index (χ1) is 8.20. The zero-order chi connectivity index (χ0) is 12.0. The zero-order valence-electron chi connectivity index (χ0n) is 10.7. The summed E-state index contributed by atoms with van der Waals surface area (Å²) >= 11 is 0. The van der Waals surface area contributed by atoms with Crippen molar-refractivity contribution in [1.82, 2.24) is 5.32 Å². The molecule has 90 valence electrons. The molecular formula is C15H19NO. The second-order valence-corrected chi connectivity index (χ2v) is 5.19. The van der Waals surface area contributed by atoms with Crippen molar-refractivity contribution in [3.63, 3.8) is 0 Å². The standard InChI is InChI=1S/C15H19NO/c1-9-4-5-10(2)15-12(9)8-13(17-15)14(16-3)11-6-7-11/h4-5,8,11,14,16H,6-7H2,1-3H3. The van der Waals surface area contributed by atoms with Crippen LogP contribution < -0.4 is 5.32 Å². The van der Waals surface area contributed by atoms with Crippen molar-refractivity contribution in [2.45, 2.75) is 32.7 Å². The van der Waals surface area contributed by atoms with Gasteiger partial charge >= 0.3 is 0 Å². The molecule has 1 aliphatic carbocycles. The van der Waals surface area contributed by atoms with Crippen molar-refractivity contribution in [3.8, 4) is 0 Å². The van der Waals surface area contributed by atoms with E-state index in [0.717, 1.165) is 17.3 Å². The van der Waals surface area contributed by atoms with Crippen molar-refractivity contribution in [2.24, 2.45) is 5.92 Å². The normalized spacial score (nSPS) is 17.6. The molecule has 1 fully saturated rings. The molecule has 0 bridgehead atoms. The van der Waals surface area contributed by atoms with E-state index < -0.39 is 0 Å². The van der Waals surface area contributed by atoms with Crippen LogP contribution in [0.3, 0.4) is 0 Å². The molecule has 1 aromatic heterocycles. The molecule has 1 N–H and O–H groups in total. The molecule has 0 saturated heterocycles. The summed E-state index contributed by atoms with van der Waals surface area (Å²) in [6.07, 6.45) is 2.64. The molecule has 3 rings (SSSR count). The highest BCUT2D eigenvalue weighted by Gasteiger charge is 2.33. The van der Waals surface area contributed by atoms with Gasteiger partial charge in [-0.2, -0.15) is 0 Å². The predicted octanol–water partition coefficient (Wildman–Crippen LogP) is 3.72. The van der Waals surface area contributed by atoms with Crippen LogP contribution in [-0.2, 0) is 0 Å². The lowest BCUT2D eigenvalue weighted by atomic mass is 10.1. The quantitative estimate of drug-likeness (QED) is 0.867. The minimum atomic E-state index is 0.390. The molecule has 2 nitrogen and oxygen atoms in total. The molecule has 1 atom stereocenters. The van der Waals surface area contributed by atoms with Gasteiger partial charge in [-0.1, -0.05) is 12.1 Å². The van der Waals surface area contributed by atoms with Gasteiger partial charge in [0.05, 0.1) is 6.04 Å². The minimum Gasteiger partial charge on any atom is -0.459 e. The Balaban J connectivity index is 2.12. The van der Waals surface area contributed by atoms with Gasteiger partial charge in [-0.05, 0) is 56.8 Å². The van der Waals surface area contributed by atoms with Crippen LogP contribution in [0.1, 0.15) is 35.8 Å². The van der Waals surface area contributed by atoms with Crippen LogP contribution in [0.2, 0.25) is 0 Å². The molecule has 0 amide bonds. The summed E-state index contributed by atoms with van der Waals surface area (Å²) in [7, 11) is 2.02. The van der Waals surface area contributed by atoms with Crippen molar-refractivity contribution >= 4 is 11.0 Å². The van der Waals surface area contributed by atoms with Crippen molar-refractivity contribution in [3.05, 3.63) is 35.1 Å². The summed E-state index contributed by atoms with van der Waals surface area (Å²) in [4.78, 5) is 0. The summed E-state index contributed by atoms with van der Waals surface area (Å²) in [5.41, 5.74) is 3.58. The van der Waals surface area contributed by atoms with E-state index in [-0.39, 0.29) is 0 Å². The molecule has 1 aromatic carbocycles. The molecular weight excluding hydrogens is 210 g/mol. The van der Waals surface area contributed by atoms with Gasteiger partial charge in [-0.15, -0.1) is 0 Å². The van der Waals surface area contributed by atoms with E-state index in [2.05, 4.69) is 37.4 Å². The number of hydrogen-bond donors (Lipinski definition) is 1. The highest BCUT2D eigenvalue weighted by Crippen LogP contribution is 2.42. The summed E-state index contributed by atoms with van der Waals surface area (Å²) < 4.78 is 6.07. The van der Waals surface area contributed by atoms with Crippen LogP contribution in [0.5, 0.6) is 0 Å². The van der Waals surface area contributed by atoms with Gasteiger partial charge in [0.2, 0.25) is 0 Å². The van der Waals surface area contributed by atoms with Crippen LogP contribution in [0, 0.1) is 19.8 Å². The van der Waals surface area contributed by atoms with Crippen LogP contribution in [0.15, 0.2) is 22.6 Å². The van der Waals surface area contributed by atoms with E-state index in [1.807, 2.05) is 7.05 Å². The van der Waals surface area contributed by atoms with E-state index >= 15 is 0 Å². The van der Waals surface area contributed by atoms with Crippen molar-refractivity contribution in [1.29, 1.82) is 0 Å². The molecule has 1 saturated carbocycles. The molecule has 1 heterocycles. The average Bonchev–Trinajstić information content (AvgIpc) is 3.03. The maximum Gasteiger partial charge on any atom is 0.137 e. The van der Waals surface area contributed by atoms with Crippen molar-refractivity contribution in [2.75, 3.05) is 7.05 Å². The largest absolute Gasteiger partial charge is 0.459 e. The van der Waals surface area contributed by atoms with Gasteiger partial charge in [0, 0.05) is 5.39 Å². The Hall–Kier alpha value is -1.28. The van der Waals surface area contributed by atoms with Crippen LogP contribution in [-0.4, -0.2) is 7.05 Å². The number of fused-ring (bicyclic) bond motifs is 1. The van der Waals surface area contributed by atoms with E-state index in [4.69, 9.17) is 4.42 Å². The molecule has 1 aliphatic rings.